The fourth-order valence-electron chi connectivity index (χ4n) is 4.36. The first-order valence-corrected chi connectivity index (χ1v) is 13.6. The first-order valence-electron chi connectivity index (χ1n) is 12.1. The Bertz CT molecular complexity index is 1290. The van der Waals surface area contributed by atoms with Crippen LogP contribution in [-0.4, -0.2) is 67.7 Å². The third-order valence-electron chi connectivity index (χ3n) is 6.63. The summed E-state index contributed by atoms with van der Waals surface area (Å²) in [7, 11) is -3.52. The molecular weight excluding hydrogens is 477 g/mol. The van der Waals surface area contributed by atoms with Crippen LogP contribution in [0.25, 0.3) is 0 Å². The van der Waals surface area contributed by atoms with Crippen molar-refractivity contribution in [2.24, 2.45) is 0 Å². The molecule has 1 saturated heterocycles. The molecule has 4 rings (SSSR count). The number of hydrogen-bond donors (Lipinski definition) is 0. The van der Waals surface area contributed by atoms with Gasteiger partial charge >= 0.3 is 0 Å². The van der Waals surface area contributed by atoms with Gasteiger partial charge in [0.1, 0.15) is 5.82 Å². The topological polar surface area (TPSA) is 60.9 Å². The molecule has 0 N–H and O–H groups in total. The highest BCUT2D eigenvalue weighted by Gasteiger charge is 2.29. The van der Waals surface area contributed by atoms with Gasteiger partial charge in [-0.05, 0) is 55.3 Å². The molecule has 1 heterocycles. The van der Waals surface area contributed by atoms with Crippen LogP contribution in [0.4, 0.5) is 4.39 Å². The number of carbonyl (C=O) groups excluding carboxylic acids is 1. The third-order valence-corrected chi connectivity index (χ3v) is 8.54. The van der Waals surface area contributed by atoms with Gasteiger partial charge in [-0.25, -0.2) is 12.8 Å². The van der Waals surface area contributed by atoms with E-state index in [0.717, 1.165) is 16.7 Å². The van der Waals surface area contributed by atoms with Crippen molar-refractivity contribution < 1.29 is 17.6 Å². The average molecular weight is 510 g/mol. The van der Waals surface area contributed by atoms with Crippen molar-refractivity contribution in [3.05, 3.63) is 101 Å². The summed E-state index contributed by atoms with van der Waals surface area (Å²) >= 11 is 0. The monoisotopic (exact) mass is 509 g/mol. The van der Waals surface area contributed by atoms with Crippen LogP contribution in [0, 0.1) is 19.7 Å². The molecule has 3 aromatic carbocycles. The third kappa shape index (κ3) is 6.19. The molecule has 0 aromatic heterocycles. The molecule has 0 spiro atoms. The number of aryl methyl sites for hydroxylation is 2. The van der Waals surface area contributed by atoms with Crippen molar-refractivity contribution in [2.45, 2.75) is 25.3 Å². The summed E-state index contributed by atoms with van der Waals surface area (Å²) in [6, 6.07) is 20.6. The number of rotatable bonds is 8. The summed E-state index contributed by atoms with van der Waals surface area (Å²) in [5.74, 6) is -0.382. The minimum Gasteiger partial charge on any atom is -0.333 e. The zero-order chi connectivity index (χ0) is 25.7. The number of nitrogens with zero attached hydrogens (tertiary/aromatic N) is 3. The van der Waals surface area contributed by atoms with E-state index in [0.29, 0.717) is 56.3 Å². The van der Waals surface area contributed by atoms with Crippen molar-refractivity contribution in [2.75, 3.05) is 39.3 Å². The van der Waals surface area contributed by atoms with Crippen LogP contribution in [0.15, 0.2) is 77.7 Å². The maximum Gasteiger partial charge on any atom is 0.254 e. The second-order valence-electron chi connectivity index (χ2n) is 9.23. The molecule has 0 radical (unpaired) electrons. The summed E-state index contributed by atoms with van der Waals surface area (Å²) in [6.45, 7) is 7.30. The molecule has 190 valence electrons. The van der Waals surface area contributed by atoms with Gasteiger partial charge in [0.25, 0.3) is 5.91 Å². The van der Waals surface area contributed by atoms with Gasteiger partial charge in [0.2, 0.25) is 10.0 Å². The molecule has 0 atom stereocenters. The fourth-order valence-corrected chi connectivity index (χ4v) is 5.78. The Morgan fingerprint density at radius 2 is 1.53 bits per heavy atom. The van der Waals surface area contributed by atoms with Crippen LogP contribution in [0.2, 0.25) is 0 Å². The fraction of sp³-hybridized carbons (Fsp3) is 0.321. The van der Waals surface area contributed by atoms with E-state index in [1.165, 1.54) is 16.4 Å². The molecule has 1 aliphatic heterocycles. The number of benzene rings is 3. The lowest BCUT2D eigenvalue weighted by Crippen LogP contribution is -2.50. The number of sulfonamides is 1. The smallest absolute Gasteiger partial charge is 0.254 e. The molecule has 3 aromatic rings. The molecule has 1 fully saturated rings. The summed E-state index contributed by atoms with van der Waals surface area (Å²) in [5, 5.41) is 0. The lowest BCUT2D eigenvalue weighted by atomic mass is 10.1. The molecule has 0 aliphatic carbocycles. The van der Waals surface area contributed by atoms with Gasteiger partial charge in [-0.3, -0.25) is 9.69 Å². The van der Waals surface area contributed by atoms with Crippen molar-refractivity contribution >= 4 is 15.9 Å². The highest BCUT2D eigenvalue weighted by atomic mass is 32.2. The van der Waals surface area contributed by atoms with Gasteiger partial charge in [-0.15, -0.1) is 0 Å². The van der Waals surface area contributed by atoms with Gasteiger partial charge in [-0.1, -0.05) is 48.0 Å². The van der Waals surface area contributed by atoms with Crippen LogP contribution < -0.4 is 0 Å². The first kappa shape index (κ1) is 26.0. The zero-order valence-electron chi connectivity index (χ0n) is 20.7. The van der Waals surface area contributed by atoms with Gasteiger partial charge in [0, 0.05) is 51.4 Å². The normalized spacial score (nSPS) is 15.1. The van der Waals surface area contributed by atoms with E-state index in [4.69, 9.17) is 0 Å². The van der Waals surface area contributed by atoms with E-state index in [2.05, 4.69) is 4.90 Å². The first-order chi connectivity index (χ1) is 17.2. The highest BCUT2D eigenvalue weighted by Crippen LogP contribution is 2.19. The van der Waals surface area contributed by atoms with E-state index in [1.807, 2.05) is 50.2 Å². The second kappa shape index (κ2) is 11.3. The quantitative estimate of drug-likeness (QED) is 0.459. The van der Waals surface area contributed by atoms with Crippen LogP contribution >= 0.6 is 0 Å². The predicted molar refractivity (Wildman–Crippen MR) is 139 cm³/mol. The molecule has 1 amide bonds. The standard InChI is InChI=1S/C28H32FN3O3S/c1-22-7-13-26(14-8-22)36(34,35)32-19-16-30(17-20-32)15-18-31(21-24-9-11-25(29)12-10-24)28(33)27-6-4-3-5-23(27)2/h3-14H,15-21H2,1-2H3. The van der Waals surface area contributed by atoms with E-state index in [1.54, 1.807) is 29.2 Å². The van der Waals surface area contributed by atoms with Gasteiger partial charge < -0.3 is 4.90 Å². The van der Waals surface area contributed by atoms with Crippen LogP contribution in [0.1, 0.15) is 27.0 Å². The second-order valence-corrected chi connectivity index (χ2v) is 11.2. The maximum absolute atomic E-state index is 13.4. The Labute approximate surface area is 213 Å². The Balaban J connectivity index is 1.41. The molecule has 0 bridgehead atoms. The van der Waals surface area contributed by atoms with E-state index in [-0.39, 0.29) is 11.7 Å². The van der Waals surface area contributed by atoms with Crippen molar-refractivity contribution in [3.8, 4) is 0 Å². The Kier molecular flexibility index (Phi) is 8.18. The lowest BCUT2D eigenvalue weighted by Gasteiger charge is -2.35. The molecular formula is C28H32FN3O3S. The number of halogens is 1. The molecule has 0 unspecified atom stereocenters. The Morgan fingerprint density at radius 1 is 0.889 bits per heavy atom. The number of amides is 1. The van der Waals surface area contributed by atoms with E-state index in [9.17, 15) is 17.6 Å². The SMILES string of the molecule is Cc1ccc(S(=O)(=O)N2CCN(CCN(Cc3ccc(F)cc3)C(=O)c3ccccc3C)CC2)cc1. The molecule has 6 nitrogen and oxygen atoms in total. The lowest BCUT2D eigenvalue weighted by molar-refractivity contribution is 0.0710. The van der Waals surface area contributed by atoms with Crippen molar-refractivity contribution in [1.82, 2.24) is 14.1 Å². The summed E-state index contributed by atoms with van der Waals surface area (Å²) in [4.78, 5) is 17.7. The summed E-state index contributed by atoms with van der Waals surface area (Å²) < 4.78 is 40.9. The summed E-state index contributed by atoms with van der Waals surface area (Å²) in [5.41, 5.74) is 3.42. The van der Waals surface area contributed by atoms with E-state index < -0.39 is 10.0 Å². The molecule has 36 heavy (non-hydrogen) atoms. The largest absolute Gasteiger partial charge is 0.333 e. The molecule has 0 saturated carbocycles. The van der Waals surface area contributed by atoms with E-state index >= 15 is 0 Å². The minimum atomic E-state index is -3.52. The molecule has 1 aliphatic rings. The van der Waals surface area contributed by atoms with Crippen LogP contribution in [-0.2, 0) is 16.6 Å². The van der Waals surface area contributed by atoms with Crippen molar-refractivity contribution in [1.29, 1.82) is 0 Å². The Morgan fingerprint density at radius 3 is 2.17 bits per heavy atom. The number of carbonyl (C=O) groups is 1. The van der Waals surface area contributed by atoms with Gasteiger partial charge in [0.05, 0.1) is 4.90 Å². The van der Waals surface area contributed by atoms with Gasteiger partial charge in [-0.2, -0.15) is 4.31 Å². The summed E-state index contributed by atoms with van der Waals surface area (Å²) in [6.07, 6.45) is 0. The average Bonchev–Trinajstić information content (AvgIpc) is 2.88. The van der Waals surface area contributed by atoms with Crippen molar-refractivity contribution in [3.63, 3.8) is 0 Å². The Hall–Kier alpha value is -3.07. The number of piperazine rings is 1. The number of hydrogen-bond acceptors (Lipinski definition) is 4. The highest BCUT2D eigenvalue weighted by molar-refractivity contribution is 7.89. The van der Waals surface area contributed by atoms with Crippen LogP contribution in [0.5, 0.6) is 0 Å². The van der Waals surface area contributed by atoms with Gasteiger partial charge in [0.15, 0.2) is 0 Å². The minimum absolute atomic E-state index is 0.0713. The zero-order valence-corrected chi connectivity index (χ0v) is 21.5. The van der Waals surface area contributed by atoms with Crippen LogP contribution in [0.3, 0.4) is 0 Å². The maximum atomic E-state index is 13.4. The molecule has 8 heteroatoms. The predicted octanol–water partition coefficient (Wildman–Crippen LogP) is 4.09.